The molecule has 0 aromatic heterocycles. The van der Waals surface area contributed by atoms with Crippen molar-refractivity contribution in [3.63, 3.8) is 0 Å². The van der Waals surface area contributed by atoms with E-state index in [2.05, 4.69) is 11.8 Å². The average Bonchev–Trinajstić information content (AvgIpc) is 1.90. The quantitative estimate of drug-likeness (QED) is 0.481. The smallest absolute Gasteiger partial charge is 0.148 e. The van der Waals surface area contributed by atoms with Crippen molar-refractivity contribution in [3.8, 4) is 11.8 Å². The van der Waals surface area contributed by atoms with Gasteiger partial charge in [-0.05, 0) is 12.8 Å². The van der Waals surface area contributed by atoms with Gasteiger partial charge in [-0.15, -0.1) is 5.92 Å². The van der Waals surface area contributed by atoms with Crippen LogP contribution in [0, 0.1) is 11.8 Å². The van der Waals surface area contributed by atoms with Gasteiger partial charge in [-0.3, -0.25) is 0 Å². The molecule has 0 aliphatic heterocycles. The minimum atomic E-state index is -1.09. The third kappa shape index (κ3) is 1.44. The van der Waals surface area contributed by atoms with E-state index in [-0.39, 0.29) is 6.61 Å². The van der Waals surface area contributed by atoms with E-state index in [9.17, 15) is 5.11 Å². The van der Waals surface area contributed by atoms with Crippen LogP contribution in [0.15, 0.2) is 0 Å². The Balaban J connectivity index is 2.63. The van der Waals surface area contributed by atoms with E-state index in [0.29, 0.717) is 6.42 Å². The Bertz CT molecular complexity index is 154. The fraction of sp³-hybridized carbons (Fsp3) is 0.714. The molecule has 0 heterocycles. The SMILES string of the molecule is OCC1(O)C#CCCC1. The number of rotatable bonds is 1. The molecule has 1 rings (SSSR count). The molecule has 50 valence electrons. The molecule has 1 aliphatic rings. The fourth-order valence-corrected chi connectivity index (χ4v) is 0.877. The van der Waals surface area contributed by atoms with Crippen molar-refractivity contribution in [2.24, 2.45) is 0 Å². The topological polar surface area (TPSA) is 40.5 Å². The molecule has 0 aromatic rings. The zero-order valence-corrected chi connectivity index (χ0v) is 5.22. The lowest BCUT2D eigenvalue weighted by Crippen LogP contribution is -2.32. The van der Waals surface area contributed by atoms with Gasteiger partial charge in [0.1, 0.15) is 5.60 Å². The van der Waals surface area contributed by atoms with Gasteiger partial charge in [0.25, 0.3) is 0 Å². The molecular weight excluding hydrogens is 116 g/mol. The van der Waals surface area contributed by atoms with Gasteiger partial charge in [0.2, 0.25) is 0 Å². The summed E-state index contributed by atoms with van der Waals surface area (Å²) in [6, 6.07) is 0. The zero-order chi connectivity index (χ0) is 6.74. The molecule has 0 saturated heterocycles. The summed E-state index contributed by atoms with van der Waals surface area (Å²) >= 11 is 0. The van der Waals surface area contributed by atoms with Crippen LogP contribution in [-0.2, 0) is 0 Å². The van der Waals surface area contributed by atoms with Crippen LogP contribution in [0.2, 0.25) is 0 Å². The van der Waals surface area contributed by atoms with Gasteiger partial charge in [-0.2, -0.15) is 0 Å². The maximum absolute atomic E-state index is 9.26. The Morgan fingerprint density at radius 2 is 2.33 bits per heavy atom. The highest BCUT2D eigenvalue weighted by Crippen LogP contribution is 2.15. The lowest BCUT2D eigenvalue weighted by molar-refractivity contribution is 0.0253. The van der Waals surface area contributed by atoms with Crippen LogP contribution in [0.25, 0.3) is 0 Å². The molecule has 2 heteroatoms. The highest BCUT2D eigenvalue weighted by atomic mass is 16.3. The van der Waals surface area contributed by atoms with Crippen molar-refractivity contribution >= 4 is 0 Å². The Labute approximate surface area is 54.5 Å². The van der Waals surface area contributed by atoms with Crippen LogP contribution in [0.5, 0.6) is 0 Å². The summed E-state index contributed by atoms with van der Waals surface area (Å²) in [7, 11) is 0. The first kappa shape index (κ1) is 6.60. The van der Waals surface area contributed by atoms with Crippen LogP contribution in [0.4, 0.5) is 0 Å². The van der Waals surface area contributed by atoms with E-state index in [1.54, 1.807) is 0 Å². The molecule has 0 amide bonds. The van der Waals surface area contributed by atoms with Crippen molar-refractivity contribution in [3.05, 3.63) is 0 Å². The highest BCUT2D eigenvalue weighted by molar-refractivity contribution is 5.16. The number of aliphatic hydroxyl groups is 2. The molecule has 0 bridgehead atoms. The standard InChI is InChI=1S/C7H10O2/c8-6-7(9)4-2-1-3-5-7/h8-9H,1-2,4,6H2. The van der Waals surface area contributed by atoms with Gasteiger partial charge in [-0.25, -0.2) is 0 Å². The molecule has 1 aliphatic carbocycles. The molecule has 2 nitrogen and oxygen atoms in total. The second kappa shape index (κ2) is 2.38. The molecule has 0 aromatic carbocycles. The van der Waals surface area contributed by atoms with Gasteiger partial charge in [0, 0.05) is 6.42 Å². The molecule has 1 atom stereocenters. The van der Waals surface area contributed by atoms with Gasteiger partial charge in [0.15, 0.2) is 0 Å². The van der Waals surface area contributed by atoms with Crippen molar-refractivity contribution in [2.45, 2.75) is 24.9 Å². The van der Waals surface area contributed by atoms with E-state index in [0.717, 1.165) is 12.8 Å². The van der Waals surface area contributed by atoms with Crippen LogP contribution in [0.1, 0.15) is 19.3 Å². The molecule has 0 spiro atoms. The summed E-state index contributed by atoms with van der Waals surface area (Å²) in [5.41, 5.74) is -1.09. The summed E-state index contributed by atoms with van der Waals surface area (Å²) in [5, 5.41) is 17.9. The van der Waals surface area contributed by atoms with Gasteiger partial charge in [-0.1, -0.05) is 5.92 Å². The molecule has 0 radical (unpaired) electrons. The summed E-state index contributed by atoms with van der Waals surface area (Å²) in [6.07, 6.45) is 2.35. The van der Waals surface area contributed by atoms with E-state index in [4.69, 9.17) is 5.11 Å². The summed E-state index contributed by atoms with van der Waals surface area (Å²) in [4.78, 5) is 0. The monoisotopic (exact) mass is 126 g/mol. The number of hydrogen-bond donors (Lipinski definition) is 2. The maximum Gasteiger partial charge on any atom is 0.148 e. The third-order valence-electron chi connectivity index (χ3n) is 1.47. The Morgan fingerprint density at radius 1 is 1.56 bits per heavy atom. The predicted octanol–water partition coefficient (Wildman–Crippen LogP) is -0.103. The minimum Gasteiger partial charge on any atom is -0.392 e. The zero-order valence-electron chi connectivity index (χ0n) is 5.22. The van der Waals surface area contributed by atoms with Gasteiger partial charge < -0.3 is 10.2 Å². The third-order valence-corrected chi connectivity index (χ3v) is 1.47. The molecule has 1 unspecified atom stereocenters. The van der Waals surface area contributed by atoms with Crippen LogP contribution < -0.4 is 0 Å². The second-order valence-corrected chi connectivity index (χ2v) is 2.35. The van der Waals surface area contributed by atoms with E-state index in [1.165, 1.54) is 0 Å². The average molecular weight is 126 g/mol. The van der Waals surface area contributed by atoms with Crippen molar-refractivity contribution in [2.75, 3.05) is 6.61 Å². The first-order valence-electron chi connectivity index (χ1n) is 3.10. The van der Waals surface area contributed by atoms with Crippen LogP contribution in [-0.4, -0.2) is 22.4 Å². The molecule has 9 heavy (non-hydrogen) atoms. The maximum atomic E-state index is 9.26. The lowest BCUT2D eigenvalue weighted by atomic mass is 9.94. The van der Waals surface area contributed by atoms with Crippen molar-refractivity contribution < 1.29 is 10.2 Å². The normalized spacial score (nSPS) is 33.1. The first-order chi connectivity index (χ1) is 4.27. The van der Waals surface area contributed by atoms with E-state index in [1.807, 2.05) is 0 Å². The Kier molecular flexibility index (Phi) is 1.75. The molecule has 0 saturated carbocycles. The van der Waals surface area contributed by atoms with Gasteiger partial charge in [0.05, 0.1) is 6.61 Å². The number of hydrogen-bond acceptors (Lipinski definition) is 2. The Hall–Kier alpha value is -0.520. The van der Waals surface area contributed by atoms with Crippen LogP contribution in [0.3, 0.4) is 0 Å². The molecule has 2 N–H and O–H groups in total. The lowest BCUT2D eigenvalue weighted by Gasteiger charge is -2.20. The largest absolute Gasteiger partial charge is 0.392 e. The van der Waals surface area contributed by atoms with E-state index < -0.39 is 5.60 Å². The minimum absolute atomic E-state index is 0.236. The van der Waals surface area contributed by atoms with Crippen molar-refractivity contribution in [1.82, 2.24) is 0 Å². The van der Waals surface area contributed by atoms with Gasteiger partial charge >= 0.3 is 0 Å². The fourth-order valence-electron chi connectivity index (χ4n) is 0.877. The molecule has 0 fully saturated rings. The molecular formula is C7H10O2. The van der Waals surface area contributed by atoms with Crippen molar-refractivity contribution in [1.29, 1.82) is 0 Å². The number of aliphatic hydroxyl groups excluding tert-OH is 1. The van der Waals surface area contributed by atoms with E-state index >= 15 is 0 Å². The first-order valence-corrected chi connectivity index (χ1v) is 3.10. The summed E-state index contributed by atoms with van der Waals surface area (Å²) in [5.74, 6) is 5.37. The van der Waals surface area contributed by atoms with Crippen LogP contribution >= 0.6 is 0 Å². The highest BCUT2D eigenvalue weighted by Gasteiger charge is 2.23. The second-order valence-electron chi connectivity index (χ2n) is 2.35. The summed E-state index contributed by atoms with van der Waals surface area (Å²) in [6.45, 7) is -0.236. The summed E-state index contributed by atoms with van der Waals surface area (Å²) < 4.78 is 0. The Morgan fingerprint density at radius 3 is 2.67 bits per heavy atom. The predicted molar refractivity (Wildman–Crippen MR) is 33.7 cm³/mol.